The van der Waals surface area contributed by atoms with Gasteiger partial charge in [-0.25, -0.2) is 14.0 Å². The predicted octanol–water partition coefficient (Wildman–Crippen LogP) is 7.22. The maximum absolute atomic E-state index is 15.0. The number of hydrogen-bond acceptors (Lipinski definition) is 9. The average Bonchev–Trinajstić information content (AvgIpc) is 3.57. The molecule has 1 unspecified atom stereocenters. The second-order valence-corrected chi connectivity index (χ2v) is 13.7. The van der Waals surface area contributed by atoms with Gasteiger partial charge in [-0.1, -0.05) is 41.4 Å². The summed E-state index contributed by atoms with van der Waals surface area (Å²) in [5.74, 6) is -0.0482. The van der Waals surface area contributed by atoms with Crippen molar-refractivity contribution in [1.29, 1.82) is 0 Å². The lowest BCUT2D eigenvalue weighted by molar-refractivity contribution is -0.605. The largest absolute Gasteiger partial charge is 0.619 e. The quantitative estimate of drug-likeness (QED) is 0.0906. The van der Waals surface area contributed by atoms with Crippen molar-refractivity contribution in [1.82, 2.24) is 4.90 Å². The minimum atomic E-state index is -0.903. The van der Waals surface area contributed by atoms with E-state index in [-0.39, 0.29) is 46.3 Å². The zero-order valence-electron chi connectivity index (χ0n) is 26.8. The third-order valence-corrected chi connectivity index (χ3v) is 10.5. The van der Waals surface area contributed by atoms with Gasteiger partial charge in [-0.05, 0) is 67.7 Å². The molecule has 5 heterocycles. The highest BCUT2D eigenvalue weighted by Gasteiger charge is 2.38. The number of anilines is 1. The van der Waals surface area contributed by atoms with E-state index in [0.29, 0.717) is 38.8 Å². The number of carbonyl (C=O) groups excluding carboxylic acids is 2. The van der Waals surface area contributed by atoms with E-state index in [9.17, 15) is 14.8 Å². The number of fused-ring (bicyclic) bond motifs is 3. The summed E-state index contributed by atoms with van der Waals surface area (Å²) in [5, 5.41) is 13.7. The van der Waals surface area contributed by atoms with Crippen LogP contribution in [0.2, 0.25) is 10.0 Å². The van der Waals surface area contributed by atoms with E-state index in [1.54, 1.807) is 41.8 Å². The van der Waals surface area contributed by atoms with Gasteiger partial charge >= 0.3 is 12.1 Å². The molecule has 14 heteroatoms. The molecule has 3 fully saturated rings. The SMILES string of the molecule is COc1ccc(C(Cc2c(Cl)c[n+]([O-])cc2Cl)OC(=O)c2csc(CN(C(=O)O[C@H]3CN4CCC3CC4)c3ccccc3F)c2)cc1OC. The van der Waals surface area contributed by atoms with Crippen LogP contribution in [0.15, 0.2) is 66.3 Å². The molecule has 7 rings (SSSR count). The van der Waals surface area contributed by atoms with Crippen molar-refractivity contribution in [2.75, 3.05) is 38.8 Å². The van der Waals surface area contributed by atoms with E-state index in [1.165, 1.54) is 55.0 Å². The Labute approximate surface area is 297 Å². The molecule has 0 saturated carbocycles. The average molecular weight is 731 g/mol. The summed E-state index contributed by atoms with van der Waals surface area (Å²) in [5.41, 5.74) is 1.29. The maximum atomic E-state index is 15.0. The number of pyridine rings is 1. The van der Waals surface area contributed by atoms with Gasteiger partial charge in [-0.15, -0.1) is 11.3 Å². The molecule has 2 aromatic carbocycles. The van der Waals surface area contributed by atoms with Crippen molar-refractivity contribution in [3.63, 3.8) is 0 Å². The lowest BCUT2D eigenvalue weighted by Crippen LogP contribution is -2.53. The van der Waals surface area contributed by atoms with Gasteiger partial charge < -0.3 is 24.2 Å². The lowest BCUT2D eigenvalue weighted by atomic mass is 9.86. The summed E-state index contributed by atoms with van der Waals surface area (Å²) < 4.78 is 38.4. The highest BCUT2D eigenvalue weighted by Crippen LogP contribution is 2.36. The number of ether oxygens (including phenoxy) is 4. The van der Waals surface area contributed by atoms with Crippen LogP contribution in [-0.2, 0) is 22.4 Å². The Balaban J connectivity index is 1.24. The molecule has 0 spiro atoms. The molecular formula is C35H34Cl2FN3O7S. The van der Waals surface area contributed by atoms with Gasteiger partial charge in [-0.2, -0.15) is 4.73 Å². The molecule has 3 aliphatic heterocycles. The third-order valence-electron chi connectivity index (χ3n) is 8.89. The first kappa shape index (κ1) is 34.8. The summed E-state index contributed by atoms with van der Waals surface area (Å²) >= 11 is 14.0. The van der Waals surface area contributed by atoms with Crippen molar-refractivity contribution in [3.05, 3.63) is 109 Å². The summed E-state index contributed by atoms with van der Waals surface area (Å²) in [6.07, 6.45) is 2.49. The first-order chi connectivity index (χ1) is 23.6. The molecule has 0 radical (unpaired) electrons. The number of para-hydroxylation sites is 1. The van der Waals surface area contributed by atoms with Crippen LogP contribution < -0.4 is 19.1 Å². The highest BCUT2D eigenvalue weighted by atomic mass is 35.5. The number of piperidine rings is 3. The minimum absolute atomic E-state index is 0.0254. The fourth-order valence-corrected chi connectivity index (χ4v) is 7.71. The third kappa shape index (κ3) is 7.88. The summed E-state index contributed by atoms with van der Waals surface area (Å²) in [7, 11) is 3.00. The fraction of sp³-hybridized carbons (Fsp3) is 0.343. The summed E-state index contributed by atoms with van der Waals surface area (Å²) in [4.78, 5) is 31.4. The van der Waals surface area contributed by atoms with Crippen molar-refractivity contribution in [3.8, 4) is 11.5 Å². The smallest absolute Gasteiger partial charge is 0.415 e. The van der Waals surface area contributed by atoms with Crippen LogP contribution in [0.25, 0.3) is 0 Å². The normalized spacial score (nSPS) is 18.8. The number of methoxy groups -OCH3 is 2. The number of rotatable bonds is 11. The zero-order chi connectivity index (χ0) is 34.7. The van der Waals surface area contributed by atoms with E-state index in [1.807, 2.05) is 0 Å². The Bertz CT molecular complexity index is 1810. The van der Waals surface area contributed by atoms with Gasteiger partial charge in [0.2, 0.25) is 0 Å². The van der Waals surface area contributed by atoms with Crippen LogP contribution >= 0.6 is 34.5 Å². The Morgan fingerprint density at radius 1 is 1.06 bits per heavy atom. The van der Waals surface area contributed by atoms with E-state index in [2.05, 4.69) is 4.90 Å². The number of benzene rings is 2. The van der Waals surface area contributed by atoms with Gasteiger partial charge in [0.15, 0.2) is 23.9 Å². The predicted molar refractivity (Wildman–Crippen MR) is 183 cm³/mol. The molecule has 4 aromatic rings. The number of nitrogens with zero attached hydrogens (tertiary/aromatic N) is 3. The van der Waals surface area contributed by atoms with Gasteiger partial charge in [0.25, 0.3) is 0 Å². The summed E-state index contributed by atoms with van der Waals surface area (Å²) in [6, 6.07) is 12.7. The topological polar surface area (TPSA) is 104 Å². The van der Waals surface area contributed by atoms with Gasteiger partial charge in [-0.3, -0.25) is 9.80 Å². The number of hydrogen-bond donors (Lipinski definition) is 0. The van der Waals surface area contributed by atoms with Crippen LogP contribution in [-0.4, -0.2) is 56.9 Å². The van der Waals surface area contributed by atoms with Crippen LogP contribution in [0, 0.1) is 16.9 Å². The molecular weight excluding hydrogens is 696 g/mol. The van der Waals surface area contributed by atoms with Crippen LogP contribution in [0.1, 0.15) is 45.3 Å². The number of amides is 1. The highest BCUT2D eigenvalue weighted by molar-refractivity contribution is 7.10. The van der Waals surface area contributed by atoms with Gasteiger partial charge in [0, 0.05) is 28.8 Å². The lowest BCUT2D eigenvalue weighted by Gasteiger charge is -2.44. The van der Waals surface area contributed by atoms with E-state index in [4.69, 9.17) is 42.1 Å². The number of esters is 1. The molecule has 0 N–H and O–H groups in total. The van der Waals surface area contributed by atoms with E-state index in [0.717, 1.165) is 25.9 Å². The first-order valence-electron chi connectivity index (χ1n) is 15.7. The Kier molecular flexibility index (Phi) is 10.8. The number of aromatic nitrogens is 1. The molecule has 1 amide bonds. The molecule has 2 atom stereocenters. The number of halogens is 3. The monoisotopic (exact) mass is 729 g/mol. The molecule has 258 valence electrons. The van der Waals surface area contributed by atoms with Crippen molar-refractivity contribution < 1.29 is 37.7 Å². The fourth-order valence-electron chi connectivity index (χ4n) is 6.27. The Morgan fingerprint density at radius 3 is 2.43 bits per heavy atom. The first-order valence-corrected chi connectivity index (χ1v) is 17.3. The Hall–Kier alpha value is -4.10. The van der Waals surface area contributed by atoms with Crippen LogP contribution in [0.4, 0.5) is 14.9 Å². The Morgan fingerprint density at radius 2 is 1.78 bits per heavy atom. The second-order valence-electron chi connectivity index (χ2n) is 11.9. The van der Waals surface area contributed by atoms with Crippen molar-refractivity contribution in [2.24, 2.45) is 5.92 Å². The second kappa shape index (κ2) is 15.2. The molecule has 3 saturated heterocycles. The van der Waals surface area contributed by atoms with Crippen LogP contribution in [0.5, 0.6) is 11.5 Å². The minimum Gasteiger partial charge on any atom is -0.619 e. The van der Waals surface area contributed by atoms with Crippen molar-refractivity contribution >= 4 is 52.3 Å². The van der Waals surface area contributed by atoms with Gasteiger partial charge in [0.05, 0.1) is 32.0 Å². The van der Waals surface area contributed by atoms with Gasteiger partial charge in [0.1, 0.15) is 28.1 Å². The standard InChI is InChI=1S/C35H34Cl2FN3O7S/c1-45-30-8-7-22(14-32(30)46-2)31(15-25-26(36)17-40(44)18-27(25)37)47-34(42)23-13-24(49-20-23)16-41(29-6-4-3-5-28(29)38)35(43)48-33-19-39-11-9-21(33)10-12-39/h3-8,13-14,17-18,20-21,31,33H,9-12,15-16,19H2,1-2H3/t31?,33-/m0/s1. The molecule has 2 bridgehead atoms. The molecule has 2 aromatic heterocycles. The van der Waals surface area contributed by atoms with E-state index >= 15 is 4.39 Å². The molecule has 0 aliphatic carbocycles. The molecule has 49 heavy (non-hydrogen) atoms. The molecule has 3 aliphatic rings. The van der Waals surface area contributed by atoms with Crippen molar-refractivity contribution in [2.45, 2.75) is 38.0 Å². The number of carbonyl (C=O) groups is 2. The van der Waals surface area contributed by atoms with Crippen LogP contribution in [0.3, 0.4) is 0 Å². The number of thiophene rings is 1. The summed E-state index contributed by atoms with van der Waals surface area (Å²) in [6.45, 7) is 2.61. The maximum Gasteiger partial charge on any atom is 0.415 e. The zero-order valence-corrected chi connectivity index (χ0v) is 29.1. The molecule has 10 nitrogen and oxygen atoms in total. The van der Waals surface area contributed by atoms with E-state index < -0.39 is 24.0 Å².